The minimum Gasteiger partial charge on any atom is -0.127 e. The summed E-state index contributed by atoms with van der Waals surface area (Å²) in [7, 11) is 0. The Morgan fingerprint density at radius 1 is 1.21 bits per heavy atom. The highest BCUT2D eigenvalue weighted by molar-refractivity contribution is 9.10. The van der Waals surface area contributed by atoms with Crippen LogP contribution in [0.4, 0.5) is 0 Å². The van der Waals surface area contributed by atoms with Crippen LogP contribution in [0.2, 0.25) is 5.02 Å². The van der Waals surface area contributed by atoms with Crippen molar-refractivity contribution < 1.29 is 0 Å². The summed E-state index contributed by atoms with van der Waals surface area (Å²) in [5.41, 5.74) is 0. The fourth-order valence-electron chi connectivity index (χ4n) is 0.784. The normalized spacial score (nSPS) is 9.14. The van der Waals surface area contributed by atoms with Crippen LogP contribution < -0.4 is 0 Å². The van der Waals surface area contributed by atoms with Gasteiger partial charge >= 0.3 is 0 Å². The third-order valence-electron chi connectivity index (χ3n) is 1.56. The van der Waals surface area contributed by atoms with E-state index in [9.17, 15) is 0 Å². The molecule has 0 unspecified atom stereocenters. The molecular weight excluding hydrogens is 283 g/mol. The number of hydrogen-bond donors (Lipinski definition) is 0. The molecule has 0 amide bonds. The first-order valence-corrected chi connectivity index (χ1v) is 6.39. The van der Waals surface area contributed by atoms with Crippen molar-refractivity contribution in [2.75, 3.05) is 5.88 Å². The third-order valence-corrected chi connectivity index (χ3v) is 3.08. The van der Waals surface area contributed by atoms with Crippen LogP contribution in [0.5, 0.6) is 0 Å². The van der Waals surface area contributed by atoms with Gasteiger partial charge in [-0.05, 0) is 34.5 Å². The van der Waals surface area contributed by atoms with E-state index in [0.29, 0.717) is 0 Å². The highest BCUT2D eigenvalue weighted by Crippen LogP contribution is 2.20. The smallest absolute Gasteiger partial charge is 0.0548 e. The molecule has 14 heavy (non-hydrogen) atoms. The van der Waals surface area contributed by atoms with Crippen LogP contribution in [0.15, 0.2) is 28.7 Å². The van der Waals surface area contributed by atoms with Crippen LogP contribution in [0.3, 0.4) is 0 Å². The molecule has 0 radical (unpaired) electrons. The largest absolute Gasteiger partial charge is 0.127 e. The number of rotatable bonds is 3. The standard InChI is InChI=1S/C6H4BrCl.C5H11Cl/c7-5-3-1-2-4-6(5)8;1-2-3-4-5-6/h1-4H;2-5H2,1H3. The molecule has 3 heteroatoms. The Labute approximate surface area is 105 Å². The van der Waals surface area contributed by atoms with E-state index in [2.05, 4.69) is 22.9 Å². The van der Waals surface area contributed by atoms with Gasteiger partial charge in [-0.25, -0.2) is 0 Å². The predicted octanol–water partition coefficient (Wildman–Crippen LogP) is 5.52. The molecule has 0 fully saturated rings. The maximum atomic E-state index is 5.66. The van der Waals surface area contributed by atoms with Crippen LogP contribution >= 0.6 is 39.1 Å². The molecule has 0 aliphatic rings. The molecule has 1 aromatic rings. The molecule has 1 rings (SSSR count). The average Bonchev–Trinajstić information content (AvgIpc) is 2.20. The summed E-state index contributed by atoms with van der Waals surface area (Å²) in [6, 6.07) is 7.57. The molecule has 1 aromatic carbocycles. The van der Waals surface area contributed by atoms with E-state index < -0.39 is 0 Å². The van der Waals surface area contributed by atoms with Crippen LogP contribution in [0, 0.1) is 0 Å². The summed E-state index contributed by atoms with van der Waals surface area (Å²) >= 11 is 14.3. The van der Waals surface area contributed by atoms with E-state index in [1.54, 1.807) is 0 Å². The van der Waals surface area contributed by atoms with E-state index in [0.717, 1.165) is 15.4 Å². The molecule has 0 aliphatic heterocycles. The summed E-state index contributed by atoms with van der Waals surface area (Å²) in [5, 5.41) is 0.757. The summed E-state index contributed by atoms with van der Waals surface area (Å²) in [4.78, 5) is 0. The molecule has 0 nitrogen and oxygen atoms in total. The third kappa shape index (κ3) is 7.66. The maximum absolute atomic E-state index is 5.66. The fourth-order valence-corrected chi connectivity index (χ4v) is 1.39. The first kappa shape index (κ1) is 14.3. The van der Waals surface area contributed by atoms with Crippen molar-refractivity contribution in [1.82, 2.24) is 0 Å². The van der Waals surface area contributed by atoms with Gasteiger partial charge in [-0.3, -0.25) is 0 Å². The minimum absolute atomic E-state index is 0.757. The average molecular weight is 298 g/mol. The lowest BCUT2D eigenvalue weighted by atomic mass is 10.3. The van der Waals surface area contributed by atoms with Gasteiger partial charge in [-0.1, -0.05) is 43.5 Å². The van der Waals surface area contributed by atoms with Crippen molar-refractivity contribution >= 4 is 39.1 Å². The zero-order valence-electron chi connectivity index (χ0n) is 8.27. The Kier molecular flexibility index (Phi) is 10.0. The first-order chi connectivity index (χ1) is 6.72. The van der Waals surface area contributed by atoms with Crippen molar-refractivity contribution in [2.24, 2.45) is 0 Å². The molecule has 80 valence electrons. The maximum Gasteiger partial charge on any atom is 0.0548 e. The molecule has 0 aliphatic carbocycles. The van der Waals surface area contributed by atoms with Gasteiger partial charge in [-0.15, -0.1) is 11.6 Å². The van der Waals surface area contributed by atoms with Gasteiger partial charge in [-0.2, -0.15) is 0 Å². The Morgan fingerprint density at radius 3 is 2.14 bits per heavy atom. The zero-order chi connectivity index (χ0) is 10.8. The van der Waals surface area contributed by atoms with Gasteiger partial charge in [0.1, 0.15) is 0 Å². The first-order valence-electron chi connectivity index (χ1n) is 4.68. The van der Waals surface area contributed by atoms with Gasteiger partial charge in [0.2, 0.25) is 0 Å². The number of benzene rings is 1. The minimum atomic E-state index is 0.757. The van der Waals surface area contributed by atoms with E-state index in [1.807, 2.05) is 24.3 Å². The van der Waals surface area contributed by atoms with E-state index >= 15 is 0 Å². The molecule has 0 bridgehead atoms. The lowest BCUT2D eigenvalue weighted by Crippen LogP contribution is -1.70. The molecule has 0 aromatic heterocycles. The summed E-state index contributed by atoms with van der Waals surface area (Å²) in [5.74, 6) is 0.827. The van der Waals surface area contributed by atoms with E-state index in [-0.39, 0.29) is 0 Å². The van der Waals surface area contributed by atoms with Crippen LogP contribution in [0.1, 0.15) is 26.2 Å². The summed E-state index contributed by atoms with van der Waals surface area (Å²) < 4.78 is 0.946. The summed E-state index contributed by atoms with van der Waals surface area (Å²) in [6.07, 6.45) is 3.73. The van der Waals surface area contributed by atoms with Crippen LogP contribution in [-0.2, 0) is 0 Å². The molecule has 0 saturated carbocycles. The Morgan fingerprint density at radius 2 is 1.86 bits per heavy atom. The quantitative estimate of drug-likeness (QED) is 0.509. The Hall–Kier alpha value is 0.280. The van der Waals surface area contributed by atoms with Gasteiger partial charge in [0.25, 0.3) is 0 Å². The van der Waals surface area contributed by atoms with Crippen molar-refractivity contribution in [1.29, 1.82) is 0 Å². The summed E-state index contributed by atoms with van der Waals surface area (Å²) in [6.45, 7) is 2.17. The van der Waals surface area contributed by atoms with Crippen LogP contribution in [-0.4, -0.2) is 5.88 Å². The molecular formula is C11H15BrCl2. The van der Waals surface area contributed by atoms with Gasteiger partial charge in [0.15, 0.2) is 0 Å². The number of halogens is 3. The van der Waals surface area contributed by atoms with Crippen molar-refractivity contribution in [3.63, 3.8) is 0 Å². The molecule has 0 heterocycles. The monoisotopic (exact) mass is 296 g/mol. The predicted molar refractivity (Wildman–Crippen MR) is 69.4 cm³/mol. The number of alkyl halides is 1. The van der Waals surface area contributed by atoms with E-state index in [1.165, 1.54) is 19.3 Å². The van der Waals surface area contributed by atoms with Crippen molar-refractivity contribution in [3.05, 3.63) is 33.8 Å². The second-order valence-electron chi connectivity index (χ2n) is 2.81. The second-order valence-corrected chi connectivity index (χ2v) is 4.45. The molecule has 0 spiro atoms. The zero-order valence-corrected chi connectivity index (χ0v) is 11.4. The van der Waals surface area contributed by atoms with Gasteiger partial charge in [0.05, 0.1) is 5.02 Å². The number of hydrogen-bond acceptors (Lipinski definition) is 0. The number of unbranched alkanes of at least 4 members (excludes halogenated alkanes) is 2. The van der Waals surface area contributed by atoms with Gasteiger partial charge in [0, 0.05) is 10.4 Å². The molecule has 0 saturated heterocycles. The van der Waals surface area contributed by atoms with Crippen molar-refractivity contribution in [3.8, 4) is 0 Å². The Balaban J connectivity index is 0.000000255. The van der Waals surface area contributed by atoms with Gasteiger partial charge < -0.3 is 0 Å². The second kappa shape index (κ2) is 9.82. The van der Waals surface area contributed by atoms with E-state index in [4.69, 9.17) is 23.2 Å². The SMILES string of the molecule is CCCCCCl.Clc1ccccc1Br. The van der Waals surface area contributed by atoms with Crippen molar-refractivity contribution in [2.45, 2.75) is 26.2 Å². The Bertz CT molecular complexity index is 213. The topological polar surface area (TPSA) is 0 Å². The fraction of sp³-hybridized carbons (Fsp3) is 0.455. The molecule has 0 atom stereocenters. The molecule has 0 N–H and O–H groups in total. The highest BCUT2D eigenvalue weighted by atomic mass is 79.9. The lowest BCUT2D eigenvalue weighted by molar-refractivity contribution is 0.776. The lowest BCUT2D eigenvalue weighted by Gasteiger charge is -1.88. The van der Waals surface area contributed by atoms with Crippen LogP contribution in [0.25, 0.3) is 0 Å². The highest BCUT2D eigenvalue weighted by Gasteiger charge is 1.88.